The number of aromatic nitrogens is 2. The summed E-state index contributed by atoms with van der Waals surface area (Å²) in [6.07, 6.45) is 2.03. The zero-order valence-electron chi connectivity index (χ0n) is 18.3. The van der Waals surface area contributed by atoms with Crippen LogP contribution in [0.15, 0.2) is 66.9 Å². The average molecular weight is 463 g/mol. The molecule has 0 spiro atoms. The summed E-state index contributed by atoms with van der Waals surface area (Å²) in [4.78, 5) is 22.0. The fraction of sp³-hybridized carbons (Fsp3) is 0.231. The molecule has 5 rings (SSSR count). The molecule has 0 unspecified atom stereocenters. The van der Waals surface area contributed by atoms with Crippen molar-refractivity contribution in [3.8, 4) is 11.3 Å². The van der Waals surface area contributed by atoms with E-state index in [9.17, 15) is 9.18 Å². The van der Waals surface area contributed by atoms with Crippen LogP contribution in [0, 0.1) is 12.7 Å². The second kappa shape index (κ2) is 8.96. The lowest BCUT2D eigenvalue weighted by atomic mass is 10.1. The monoisotopic (exact) mass is 462 g/mol. The quantitative estimate of drug-likeness (QED) is 0.425. The van der Waals surface area contributed by atoms with Crippen molar-refractivity contribution in [2.45, 2.75) is 13.5 Å². The molecule has 1 aliphatic heterocycles. The molecule has 2 aromatic heterocycles. The van der Waals surface area contributed by atoms with Crippen LogP contribution in [0.4, 0.5) is 4.39 Å². The van der Waals surface area contributed by atoms with Crippen molar-refractivity contribution >= 4 is 23.2 Å². The van der Waals surface area contributed by atoms with Crippen molar-refractivity contribution in [2.75, 3.05) is 26.2 Å². The number of carbonyl (C=O) groups is 1. The number of rotatable bonds is 4. The molecule has 168 valence electrons. The summed E-state index contributed by atoms with van der Waals surface area (Å²) in [6.45, 7) is 5.22. The Morgan fingerprint density at radius 2 is 1.79 bits per heavy atom. The van der Waals surface area contributed by atoms with Crippen LogP contribution >= 0.6 is 11.6 Å². The van der Waals surface area contributed by atoms with E-state index >= 15 is 0 Å². The predicted octanol–water partition coefficient (Wildman–Crippen LogP) is 5.06. The number of amides is 1. The van der Waals surface area contributed by atoms with Gasteiger partial charge in [-0.2, -0.15) is 0 Å². The molecular weight excluding hydrogens is 439 g/mol. The second-order valence-electron chi connectivity index (χ2n) is 8.37. The largest absolute Gasteiger partial charge is 0.336 e. The maximum absolute atomic E-state index is 13.7. The van der Waals surface area contributed by atoms with Gasteiger partial charge in [-0.3, -0.25) is 9.69 Å². The molecule has 0 radical (unpaired) electrons. The highest BCUT2D eigenvalue weighted by atomic mass is 35.5. The predicted molar refractivity (Wildman–Crippen MR) is 128 cm³/mol. The van der Waals surface area contributed by atoms with Crippen molar-refractivity contribution in [2.24, 2.45) is 0 Å². The van der Waals surface area contributed by atoms with Gasteiger partial charge >= 0.3 is 0 Å². The number of nitrogens with zero attached hydrogens (tertiary/aromatic N) is 4. The van der Waals surface area contributed by atoms with Crippen molar-refractivity contribution in [1.82, 2.24) is 19.2 Å². The van der Waals surface area contributed by atoms with Gasteiger partial charge in [0, 0.05) is 55.1 Å². The first-order chi connectivity index (χ1) is 16.0. The standard InChI is InChI=1S/C26H24ClFN4O/c1-18-5-10-21(28)16-22(18)26(33)31-14-12-30(13-15-31)17-23-25(19-6-8-20(27)9-7-19)29-24-4-2-3-11-32(23)24/h2-11,16H,12-15,17H2,1H3. The smallest absolute Gasteiger partial charge is 0.254 e. The Balaban J connectivity index is 1.35. The molecule has 2 aromatic carbocycles. The molecule has 0 N–H and O–H groups in total. The topological polar surface area (TPSA) is 40.9 Å². The summed E-state index contributed by atoms with van der Waals surface area (Å²) in [5.41, 5.74) is 5.19. The van der Waals surface area contributed by atoms with Crippen LogP contribution < -0.4 is 0 Å². The van der Waals surface area contributed by atoms with Gasteiger partial charge in [-0.25, -0.2) is 9.37 Å². The van der Waals surface area contributed by atoms with E-state index in [1.54, 1.807) is 6.07 Å². The lowest BCUT2D eigenvalue weighted by Gasteiger charge is -2.35. The van der Waals surface area contributed by atoms with Crippen molar-refractivity contribution in [3.05, 3.63) is 94.5 Å². The lowest BCUT2D eigenvalue weighted by molar-refractivity contribution is 0.0625. The van der Waals surface area contributed by atoms with E-state index < -0.39 is 0 Å². The zero-order valence-corrected chi connectivity index (χ0v) is 19.1. The number of piperazine rings is 1. The van der Waals surface area contributed by atoms with E-state index in [4.69, 9.17) is 16.6 Å². The Morgan fingerprint density at radius 1 is 1.03 bits per heavy atom. The van der Waals surface area contributed by atoms with Crippen LogP contribution in [0.2, 0.25) is 5.02 Å². The normalized spacial score (nSPS) is 14.7. The van der Waals surface area contributed by atoms with E-state index in [0.717, 1.165) is 41.3 Å². The van der Waals surface area contributed by atoms with Gasteiger partial charge in [0.2, 0.25) is 0 Å². The molecular formula is C26H24ClFN4O. The summed E-state index contributed by atoms with van der Waals surface area (Å²) in [7, 11) is 0. The number of fused-ring (bicyclic) bond motifs is 1. The fourth-order valence-electron chi connectivity index (χ4n) is 4.35. The van der Waals surface area contributed by atoms with Gasteiger partial charge in [0.25, 0.3) is 5.91 Å². The molecule has 0 atom stereocenters. The molecule has 3 heterocycles. The van der Waals surface area contributed by atoms with E-state index in [2.05, 4.69) is 9.30 Å². The van der Waals surface area contributed by atoms with Crippen LogP contribution in [0.25, 0.3) is 16.9 Å². The van der Waals surface area contributed by atoms with Gasteiger partial charge in [-0.15, -0.1) is 0 Å². The number of carbonyl (C=O) groups excluding carboxylic acids is 1. The van der Waals surface area contributed by atoms with Crippen molar-refractivity contribution < 1.29 is 9.18 Å². The van der Waals surface area contributed by atoms with Gasteiger partial charge in [0.05, 0.1) is 11.4 Å². The number of aryl methyl sites for hydroxylation is 1. The summed E-state index contributed by atoms with van der Waals surface area (Å²) in [5, 5.41) is 0.693. The Labute approximate surface area is 197 Å². The van der Waals surface area contributed by atoms with Gasteiger partial charge in [-0.1, -0.05) is 35.9 Å². The van der Waals surface area contributed by atoms with Crippen LogP contribution in [0.5, 0.6) is 0 Å². The van der Waals surface area contributed by atoms with E-state index in [0.29, 0.717) is 30.2 Å². The van der Waals surface area contributed by atoms with E-state index in [1.807, 2.05) is 60.5 Å². The molecule has 0 bridgehead atoms. The molecule has 1 saturated heterocycles. The van der Waals surface area contributed by atoms with Crippen LogP contribution in [-0.2, 0) is 6.54 Å². The third-order valence-corrected chi connectivity index (χ3v) is 6.46. The highest BCUT2D eigenvalue weighted by Gasteiger charge is 2.25. The first-order valence-electron chi connectivity index (χ1n) is 11.0. The molecule has 5 nitrogen and oxygen atoms in total. The third kappa shape index (κ3) is 4.36. The average Bonchev–Trinajstić information content (AvgIpc) is 3.19. The Hall–Kier alpha value is -3.22. The van der Waals surface area contributed by atoms with Crippen LogP contribution in [0.1, 0.15) is 21.6 Å². The lowest BCUT2D eigenvalue weighted by Crippen LogP contribution is -2.48. The Morgan fingerprint density at radius 3 is 2.55 bits per heavy atom. The molecule has 7 heteroatoms. The minimum Gasteiger partial charge on any atom is -0.336 e. The fourth-order valence-corrected chi connectivity index (χ4v) is 4.48. The van der Waals surface area contributed by atoms with Crippen LogP contribution in [0.3, 0.4) is 0 Å². The third-order valence-electron chi connectivity index (χ3n) is 6.21. The molecule has 1 fully saturated rings. The first kappa shape index (κ1) is 21.6. The SMILES string of the molecule is Cc1ccc(F)cc1C(=O)N1CCN(Cc2c(-c3ccc(Cl)cc3)nc3ccccn23)CC1. The maximum Gasteiger partial charge on any atom is 0.254 e. The van der Waals surface area contributed by atoms with Crippen LogP contribution in [-0.4, -0.2) is 51.3 Å². The van der Waals surface area contributed by atoms with Crippen molar-refractivity contribution in [1.29, 1.82) is 0 Å². The summed E-state index contributed by atoms with van der Waals surface area (Å²) in [6, 6.07) is 18.1. The molecule has 4 aromatic rings. The molecule has 1 amide bonds. The number of pyridine rings is 1. The first-order valence-corrected chi connectivity index (χ1v) is 11.4. The van der Waals surface area contributed by atoms with E-state index in [1.165, 1.54) is 12.1 Å². The summed E-state index contributed by atoms with van der Waals surface area (Å²) in [5.74, 6) is -0.492. The summed E-state index contributed by atoms with van der Waals surface area (Å²) >= 11 is 6.09. The highest BCUT2D eigenvalue weighted by Crippen LogP contribution is 2.27. The molecule has 0 saturated carbocycles. The molecule has 33 heavy (non-hydrogen) atoms. The zero-order chi connectivity index (χ0) is 22.9. The summed E-state index contributed by atoms with van der Waals surface area (Å²) < 4.78 is 15.8. The van der Waals surface area contributed by atoms with Crippen molar-refractivity contribution in [3.63, 3.8) is 0 Å². The number of benzene rings is 2. The van der Waals surface area contributed by atoms with Gasteiger partial charge in [-0.05, 0) is 48.9 Å². The minimum absolute atomic E-state index is 0.108. The number of imidazole rings is 1. The highest BCUT2D eigenvalue weighted by molar-refractivity contribution is 6.30. The Bertz CT molecular complexity index is 1310. The van der Waals surface area contributed by atoms with Gasteiger partial charge in [0.15, 0.2) is 0 Å². The van der Waals surface area contributed by atoms with Gasteiger partial charge in [0.1, 0.15) is 11.5 Å². The van der Waals surface area contributed by atoms with Gasteiger partial charge < -0.3 is 9.30 Å². The Kier molecular flexibility index (Phi) is 5.87. The number of hydrogen-bond acceptors (Lipinski definition) is 3. The maximum atomic E-state index is 13.7. The number of hydrogen-bond donors (Lipinski definition) is 0. The molecule has 0 aliphatic carbocycles. The second-order valence-corrected chi connectivity index (χ2v) is 8.81. The molecule has 1 aliphatic rings. The van der Waals surface area contributed by atoms with E-state index in [-0.39, 0.29) is 11.7 Å². The minimum atomic E-state index is -0.384. The number of halogens is 2.